The highest BCUT2D eigenvalue weighted by atomic mass is 16.6. The second-order valence-corrected chi connectivity index (χ2v) is 8.18. The zero-order valence-corrected chi connectivity index (χ0v) is 17.9. The zero-order valence-electron chi connectivity index (χ0n) is 17.9. The molecule has 1 unspecified atom stereocenters. The minimum Gasteiger partial charge on any atom is -0.394 e. The first-order valence-electron chi connectivity index (χ1n) is 10.6. The third-order valence-electron chi connectivity index (χ3n) is 6.18. The van der Waals surface area contributed by atoms with Crippen LogP contribution in [0.25, 0.3) is 11.2 Å². The number of hydrogen-bond donors (Lipinski definition) is 8. The number of rotatable bonds is 6. The van der Waals surface area contributed by atoms with E-state index in [0.29, 0.717) is 0 Å². The van der Waals surface area contributed by atoms with E-state index >= 15 is 0 Å². The number of aliphatic hydroxyl groups excluding tert-OH is 6. The second-order valence-electron chi connectivity index (χ2n) is 8.18. The highest BCUT2D eigenvalue weighted by Gasteiger charge is 2.66. The summed E-state index contributed by atoms with van der Waals surface area (Å²) in [5, 5.41) is 64.7. The Morgan fingerprint density at radius 3 is 2.37 bits per heavy atom. The van der Waals surface area contributed by atoms with Gasteiger partial charge in [0.1, 0.15) is 42.7 Å². The van der Waals surface area contributed by atoms with Gasteiger partial charge in [-0.25, -0.2) is 15.0 Å². The molecule has 0 aromatic carbocycles. The summed E-state index contributed by atoms with van der Waals surface area (Å²) in [5.41, 5.74) is -3.24. The van der Waals surface area contributed by atoms with E-state index in [2.05, 4.69) is 30.2 Å². The van der Waals surface area contributed by atoms with Gasteiger partial charge in [-0.1, -0.05) is 0 Å². The lowest BCUT2D eigenvalue weighted by Crippen LogP contribution is -2.58. The van der Waals surface area contributed by atoms with Crippen LogP contribution in [0.15, 0.2) is 29.6 Å². The molecule has 2 saturated heterocycles. The second kappa shape index (κ2) is 8.85. The Hall–Kier alpha value is -3.09. The number of imidazole rings is 1. The lowest BCUT2D eigenvalue weighted by atomic mass is 9.92. The summed E-state index contributed by atoms with van der Waals surface area (Å²) >= 11 is 0. The molecule has 3 aromatic rings. The average molecular weight is 493 g/mol. The molecule has 2 aliphatic rings. The van der Waals surface area contributed by atoms with E-state index in [4.69, 9.17) is 9.47 Å². The first-order chi connectivity index (χ1) is 16.8. The Kier molecular flexibility index (Phi) is 5.98. The number of fused-ring (bicyclic) bond motifs is 1. The smallest absolute Gasteiger partial charge is 0.280 e. The van der Waals surface area contributed by atoms with Crippen molar-refractivity contribution in [2.45, 2.75) is 48.5 Å². The minimum absolute atomic E-state index is 0.0986. The molecule has 16 nitrogen and oxygen atoms in total. The summed E-state index contributed by atoms with van der Waals surface area (Å²) in [4.78, 5) is 31.5. The fraction of sp³-hybridized carbons (Fsp3) is 0.526. The Bertz CT molecular complexity index is 1260. The number of aromatic amines is 1. The SMILES string of the molecule is O=c1[nH]c(Nc2ncccn2)nc2c1ncn2[C@]1(C2O[C@H](CO)[C@@H](O)[C@H]2O)O[C@H](CO)[C@@H](O)[C@H]1O. The molecule has 5 heterocycles. The molecular formula is C19H23N7O9. The number of H-pyrrole nitrogens is 1. The van der Waals surface area contributed by atoms with Gasteiger partial charge in [0.15, 0.2) is 11.2 Å². The number of aromatic nitrogens is 6. The van der Waals surface area contributed by atoms with Crippen LogP contribution in [0.1, 0.15) is 0 Å². The highest BCUT2D eigenvalue weighted by Crippen LogP contribution is 2.45. The van der Waals surface area contributed by atoms with Gasteiger partial charge in [-0.05, 0) is 6.07 Å². The van der Waals surface area contributed by atoms with Crippen molar-refractivity contribution in [3.05, 3.63) is 35.1 Å². The maximum Gasteiger partial charge on any atom is 0.280 e. The predicted octanol–water partition coefficient (Wildman–Crippen LogP) is -4.10. The number of ether oxygens (including phenoxy) is 2. The van der Waals surface area contributed by atoms with Crippen LogP contribution in [-0.4, -0.2) is 116 Å². The van der Waals surface area contributed by atoms with Gasteiger partial charge < -0.3 is 40.1 Å². The van der Waals surface area contributed by atoms with Gasteiger partial charge >= 0.3 is 0 Å². The molecule has 3 aromatic heterocycles. The molecule has 188 valence electrons. The summed E-state index contributed by atoms with van der Waals surface area (Å²) in [6.07, 6.45) is -6.93. The molecule has 2 fully saturated rings. The van der Waals surface area contributed by atoms with Gasteiger partial charge in [0, 0.05) is 12.4 Å². The number of hydrogen-bond acceptors (Lipinski definition) is 14. The first kappa shape index (κ1) is 23.6. The molecule has 8 atom stereocenters. The first-order valence-corrected chi connectivity index (χ1v) is 10.6. The number of nitrogens with one attached hydrogen (secondary N) is 2. The Balaban J connectivity index is 1.68. The van der Waals surface area contributed by atoms with E-state index < -0.39 is 67.2 Å². The maximum absolute atomic E-state index is 12.7. The summed E-state index contributed by atoms with van der Waals surface area (Å²) < 4.78 is 12.6. The van der Waals surface area contributed by atoms with Crippen LogP contribution in [0.5, 0.6) is 0 Å². The van der Waals surface area contributed by atoms with E-state index in [1.807, 2.05) is 0 Å². The summed E-state index contributed by atoms with van der Waals surface area (Å²) in [7, 11) is 0. The van der Waals surface area contributed by atoms with Crippen LogP contribution in [-0.2, 0) is 15.2 Å². The molecule has 0 aliphatic carbocycles. The molecule has 0 bridgehead atoms. The van der Waals surface area contributed by atoms with E-state index in [-0.39, 0.29) is 23.1 Å². The van der Waals surface area contributed by atoms with Crippen molar-refractivity contribution in [3.63, 3.8) is 0 Å². The standard InChI is InChI=1S/C19H23N7O9/c27-4-7-10(29)12(31)14(34-7)19(13(32)11(30)8(5-28)35-19)26-6-22-9-15(26)23-18(24-16(9)33)25-17-20-2-1-3-21-17/h1-3,6-8,10-14,27-32H,4-5H2,(H2,20,21,23,24,25,33)/t7-,8-,10-,11-,12-,13-,14?,19+/m1/s1. The third kappa shape index (κ3) is 3.58. The normalized spacial score (nSPS) is 35.1. The molecule has 0 spiro atoms. The van der Waals surface area contributed by atoms with Crippen LogP contribution >= 0.6 is 0 Å². The van der Waals surface area contributed by atoms with Gasteiger partial charge in [-0.3, -0.25) is 19.7 Å². The molecule has 35 heavy (non-hydrogen) atoms. The van der Waals surface area contributed by atoms with Gasteiger partial charge in [-0.15, -0.1) is 0 Å². The monoisotopic (exact) mass is 493 g/mol. The fourth-order valence-corrected chi connectivity index (χ4v) is 4.48. The number of anilines is 2. The van der Waals surface area contributed by atoms with Crippen molar-refractivity contribution in [2.75, 3.05) is 18.5 Å². The quantitative estimate of drug-likeness (QED) is 0.163. The summed E-state index contributed by atoms with van der Waals surface area (Å²) in [6, 6.07) is 1.59. The van der Waals surface area contributed by atoms with Crippen molar-refractivity contribution < 1.29 is 40.1 Å². The largest absolute Gasteiger partial charge is 0.394 e. The molecule has 0 radical (unpaired) electrons. The van der Waals surface area contributed by atoms with E-state index in [1.165, 1.54) is 12.4 Å². The lowest BCUT2D eigenvalue weighted by molar-refractivity contribution is -0.231. The zero-order chi connectivity index (χ0) is 24.9. The van der Waals surface area contributed by atoms with Crippen molar-refractivity contribution in [3.8, 4) is 0 Å². The lowest BCUT2D eigenvalue weighted by Gasteiger charge is -2.39. The van der Waals surface area contributed by atoms with Gasteiger partial charge in [0.25, 0.3) is 5.56 Å². The molecule has 8 N–H and O–H groups in total. The van der Waals surface area contributed by atoms with Crippen LogP contribution in [0.2, 0.25) is 0 Å². The minimum atomic E-state index is -2.22. The van der Waals surface area contributed by atoms with Crippen molar-refractivity contribution in [1.29, 1.82) is 0 Å². The van der Waals surface area contributed by atoms with Crippen LogP contribution < -0.4 is 10.9 Å². The number of nitrogens with zero attached hydrogens (tertiary/aromatic N) is 5. The Labute approximate surface area is 195 Å². The predicted molar refractivity (Wildman–Crippen MR) is 113 cm³/mol. The topological polar surface area (TPSA) is 241 Å². The van der Waals surface area contributed by atoms with Crippen LogP contribution in [0.4, 0.5) is 11.9 Å². The Morgan fingerprint density at radius 1 is 1.03 bits per heavy atom. The van der Waals surface area contributed by atoms with E-state index in [9.17, 15) is 35.4 Å². The van der Waals surface area contributed by atoms with Crippen LogP contribution in [0.3, 0.4) is 0 Å². The molecular weight excluding hydrogens is 470 g/mol. The van der Waals surface area contributed by atoms with Crippen molar-refractivity contribution in [1.82, 2.24) is 29.5 Å². The highest BCUT2D eigenvalue weighted by molar-refractivity contribution is 5.71. The molecule has 0 amide bonds. The summed E-state index contributed by atoms with van der Waals surface area (Å²) in [6.45, 7) is -1.38. The van der Waals surface area contributed by atoms with Gasteiger partial charge in [0.2, 0.25) is 17.6 Å². The molecule has 5 rings (SSSR count). The average Bonchev–Trinajstić information content (AvgIpc) is 3.49. The van der Waals surface area contributed by atoms with Crippen molar-refractivity contribution in [2.24, 2.45) is 0 Å². The molecule has 16 heteroatoms. The van der Waals surface area contributed by atoms with E-state index in [0.717, 1.165) is 10.9 Å². The van der Waals surface area contributed by atoms with Gasteiger partial charge in [-0.2, -0.15) is 4.98 Å². The molecule has 0 saturated carbocycles. The maximum atomic E-state index is 12.7. The third-order valence-corrected chi connectivity index (χ3v) is 6.18. The number of aliphatic hydroxyl groups is 6. The van der Waals surface area contributed by atoms with Crippen LogP contribution in [0, 0.1) is 0 Å². The summed E-state index contributed by atoms with van der Waals surface area (Å²) in [5.74, 6) is 0.0191. The fourth-order valence-electron chi connectivity index (χ4n) is 4.48. The molecule has 2 aliphatic heterocycles. The van der Waals surface area contributed by atoms with Gasteiger partial charge in [0.05, 0.1) is 19.5 Å². The van der Waals surface area contributed by atoms with E-state index in [1.54, 1.807) is 6.07 Å². The Morgan fingerprint density at radius 2 is 1.74 bits per heavy atom. The van der Waals surface area contributed by atoms with Crippen molar-refractivity contribution >= 4 is 23.1 Å².